The van der Waals surface area contributed by atoms with E-state index in [2.05, 4.69) is 27.8 Å². The number of hydrogen-bond donors (Lipinski definition) is 0. The van der Waals surface area contributed by atoms with Crippen LogP contribution >= 0.6 is 0 Å². The van der Waals surface area contributed by atoms with Crippen LogP contribution in [-0.2, 0) is 24.8 Å². The Kier molecular flexibility index (Phi) is 5.89. The summed E-state index contributed by atoms with van der Waals surface area (Å²) in [4.78, 5) is 19.2. The Balaban J connectivity index is 1.57. The smallest absolute Gasteiger partial charge is 0.222 e. The highest BCUT2D eigenvalue weighted by atomic mass is 16.2. The summed E-state index contributed by atoms with van der Waals surface area (Å²) in [6.07, 6.45) is 13.7. The maximum atomic E-state index is 12.6. The summed E-state index contributed by atoms with van der Waals surface area (Å²) in [6, 6.07) is 0. The largest absolute Gasteiger partial charge is 0.342 e. The van der Waals surface area contributed by atoms with Crippen molar-refractivity contribution in [2.75, 3.05) is 13.1 Å². The van der Waals surface area contributed by atoms with Gasteiger partial charge >= 0.3 is 0 Å². The molecular weight excluding hydrogens is 314 g/mol. The number of aromatic nitrogens is 4. The predicted molar refractivity (Wildman–Crippen MR) is 97.2 cm³/mol. The molecule has 6 heteroatoms. The Hall–Kier alpha value is -2.11. The Bertz CT molecular complexity index is 690. The third-order valence-electron chi connectivity index (χ3n) is 5.03. The Morgan fingerprint density at radius 2 is 2.28 bits per heavy atom. The molecule has 3 rings (SSSR count). The Morgan fingerprint density at radius 1 is 1.40 bits per heavy atom. The summed E-state index contributed by atoms with van der Waals surface area (Å²) < 4.78 is 4.06. The van der Waals surface area contributed by atoms with Crippen LogP contribution in [0.5, 0.6) is 0 Å². The molecule has 0 aromatic carbocycles. The van der Waals surface area contributed by atoms with Gasteiger partial charge in [0, 0.05) is 57.6 Å². The summed E-state index contributed by atoms with van der Waals surface area (Å²) in [6.45, 7) is 4.91. The summed E-state index contributed by atoms with van der Waals surface area (Å²) in [7, 11) is 1.90. The second kappa shape index (κ2) is 8.32. The van der Waals surface area contributed by atoms with Crippen LogP contribution in [0.1, 0.15) is 56.3 Å². The summed E-state index contributed by atoms with van der Waals surface area (Å²) >= 11 is 0. The molecule has 1 unspecified atom stereocenters. The van der Waals surface area contributed by atoms with Gasteiger partial charge in [0.1, 0.15) is 5.82 Å². The molecule has 0 N–H and O–H groups in total. The van der Waals surface area contributed by atoms with E-state index in [-0.39, 0.29) is 5.91 Å². The first-order chi connectivity index (χ1) is 12.2. The van der Waals surface area contributed by atoms with Crippen molar-refractivity contribution in [3.63, 3.8) is 0 Å². The molecule has 25 heavy (non-hydrogen) atoms. The molecule has 2 aromatic rings. The van der Waals surface area contributed by atoms with E-state index in [0.29, 0.717) is 12.3 Å². The lowest BCUT2D eigenvalue weighted by Crippen LogP contribution is -2.39. The molecular formula is C19H29N5O. The van der Waals surface area contributed by atoms with Crippen molar-refractivity contribution >= 4 is 5.91 Å². The molecule has 1 atom stereocenters. The number of nitrogens with zero attached hydrogens (tertiary/aromatic N) is 5. The van der Waals surface area contributed by atoms with Gasteiger partial charge in [-0.3, -0.25) is 9.48 Å². The van der Waals surface area contributed by atoms with E-state index in [1.165, 1.54) is 12.8 Å². The molecule has 0 aliphatic carbocycles. The molecule has 1 saturated heterocycles. The highest BCUT2D eigenvalue weighted by Gasteiger charge is 2.27. The van der Waals surface area contributed by atoms with Crippen molar-refractivity contribution in [1.29, 1.82) is 0 Å². The number of hydrogen-bond acceptors (Lipinski definition) is 3. The van der Waals surface area contributed by atoms with E-state index >= 15 is 0 Å². The van der Waals surface area contributed by atoms with Crippen LogP contribution in [0.4, 0.5) is 0 Å². The number of aryl methyl sites for hydroxylation is 3. The molecule has 0 radical (unpaired) electrons. The maximum absolute atomic E-state index is 12.6. The number of amides is 1. The zero-order valence-electron chi connectivity index (χ0n) is 15.4. The van der Waals surface area contributed by atoms with E-state index in [0.717, 1.165) is 50.3 Å². The van der Waals surface area contributed by atoms with Gasteiger partial charge in [-0.05, 0) is 31.2 Å². The number of likely N-dealkylation sites (tertiary alicyclic amines) is 1. The fraction of sp³-hybridized carbons (Fsp3) is 0.632. The number of carbonyl (C=O) groups excluding carboxylic acids is 1. The zero-order chi connectivity index (χ0) is 17.6. The number of imidazole rings is 1. The van der Waals surface area contributed by atoms with Gasteiger partial charge in [0.25, 0.3) is 0 Å². The SMILES string of the molecule is CCCCn1ccnc1C1CCCN(C(=O)CCc2cnn(C)c2)C1. The predicted octanol–water partition coefficient (Wildman–Crippen LogP) is 2.76. The lowest BCUT2D eigenvalue weighted by molar-refractivity contribution is -0.132. The van der Waals surface area contributed by atoms with E-state index in [4.69, 9.17) is 0 Å². The minimum absolute atomic E-state index is 0.250. The summed E-state index contributed by atoms with van der Waals surface area (Å²) in [5, 5.41) is 4.17. The van der Waals surface area contributed by atoms with Crippen LogP contribution in [0.3, 0.4) is 0 Å². The number of rotatable bonds is 7. The standard InChI is InChI=1S/C19H29N5O/c1-3-4-10-23-12-9-20-19(23)17-6-5-11-24(15-17)18(25)8-7-16-13-21-22(2)14-16/h9,12-14,17H,3-8,10-11,15H2,1-2H3. The third kappa shape index (κ3) is 4.50. The fourth-order valence-electron chi connectivity index (χ4n) is 3.62. The van der Waals surface area contributed by atoms with Gasteiger partial charge in [-0.1, -0.05) is 13.3 Å². The lowest BCUT2D eigenvalue weighted by Gasteiger charge is -2.33. The van der Waals surface area contributed by atoms with Crippen molar-refractivity contribution in [2.24, 2.45) is 7.05 Å². The second-order valence-electron chi connectivity index (χ2n) is 7.03. The topological polar surface area (TPSA) is 56.0 Å². The monoisotopic (exact) mass is 343 g/mol. The minimum atomic E-state index is 0.250. The molecule has 1 fully saturated rings. The van der Waals surface area contributed by atoms with Crippen molar-refractivity contribution in [2.45, 2.75) is 57.9 Å². The molecule has 1 amide bonds. The number of piperidine rings is 1. The zero-order valence-corrected chi connectivity index (χ0v) is 15.4. The first-order valence-electron chi connectivity index (χ1n) is 9.43. The third-order valence-corrected chi connectivity index (χ3v) is 5.03. The van der Waals surface area contributed by atoms with E-state index in [1.807, 2.05) is 30.5 Å². The van der Waals surface area contributed by atoms with Gasteiger partial charge in [-0.25, -0.2) is 4.98 Å². The summed E-state index contributed by atoms with van der Waals surface area (Å²) in [5.74, 6) is 1.77. The van der Waals surface area contributed by atoms with Gasteiger partial charge < -0.3 is 9.47 Å². The Morgan fingerprint density at radius 3 is 3.04 bits per heavy atom. The second-order valence-corrected chi connectivity index (χ2v) is 7.03. The van der Waals surface area contributed by atoms with Crippen molar-refractivity contribution in [3.8, 4) is 0 Å². The molecule has 6 nitrogen and oxygen atoms in total. The highest BCUT2D eigenvalue weighted by Crippen LogP contribution is 2.26. The number of carbonyl (C=O) groups is 1. The maximum Gasteiger partial charge on any atom is 0.222 e. The van der Waals surface area contributed by atoms with E-state index < -0.39 is 0 Å². The van der Waals surface area contributed by atoms with Crippen LogP contribution in [-0.4, -0.2) is 43.2 Å². The lowest BCUT2D eigenvalue weighted by atomic mass is 9.96. The van der Waals surface area contributed by atoms with Gasteiger partial charge in [0.2, 0.25) is 5.91 Å². The molecule has 1 aliphatic rings. The molecule has 2 aromatic heterocycles. The first kappa shape index (κ1) is 17.7. The molecule has 0 bridgehead atoms. The fourth-order valence-corrected chi connectivity index (χ4v) is 3.62. The molecule has 0 saturated carbocycles. The van der Waals surface area contributed by atoms with Crippen LogP contribution < -0.4 is 0 Å². The average Bonchev–Trinajstić information content (AvgIpc) is 3.26. The van der Waals surface area contributed by atoms with Gasteiger partial charge in [-0.15, -0.1) is 0 Å². The van der Waals surface area contributed by atoms with Crippen molar-refractivity contribution < 1.29 is 4.79 Å². The van der Waals surface area contributed by atoms with Crippen molar-refractivity contribution in [1.82, 2.24) is 24.2 Å². The quantitative estimate of drug-likeness (QED) is 0.777. The first-order valence-corrected chi connectivity index (χ1v) is 9.43. The van der Waals surface area contributed by atoms with Gasteiger partial charge in [-0.2, -0.15) is 5.10 Å². The van der Waals surface area contributed by atoms with Crippen molar-refractivity contribution in [3.05, 3.63) is 36.2 Å². The Labute approximate surface area is 149 Å². The average molecular weight is 343 g/mol. The van der Waals surface area contributed by atoms with E-state index in [1.54, 1.807) is 4.68 Å². The van der Waals surface area contributed by atoms with Gasteiger partial charge in [0.15, 0.2) is 0 Å². The minimum Gasteiger partial charge on any atom is -0.342 e. The van der Waals surface area contributed by atoms with Crippen LogP contribution in [0, 0.1) is 0 Å². The molecule has 1 aliphatic heterocycles. The van der Waals surface area contributed by atoms with E-state index in [9.17, 15) is 4.79 Å². The highest BCUT2D eigenvalue weighted by molar-refractivity contribution is 5.76. The van der Waals surface area contributed by atoms with Gasteiger partial charge in [0.05, 0.1) is 6.20 Å². The van der Waals surface area contributed by atoms with Crippen LogP contribution in [0.15, 0.2) is 24.8 Å². The number of unbranched alkanes of at least 4 members (excludes halogenated alkanes) is 1. The normalized spacial score (nSPS) is 17.8. The molecule has 0 spiro atoms. The summed E-state index contributed by atoms with van der Waals surface area (Å²) in [5.41, 5.74) is 1.12. The molecule has 3 heterocycles. The molecule has 136 valence electrons. The van der Waals surface area contributed by atoms with Crippen LogP contribution in [0.2, 0.25) is 0 Å². The van der Waals surface area contributed by atoms with Crippen LogP contribution in [0.25, 0.3) is 0 Å².